The second-order valence-electron chi connectivity index (χ2n) is 5.49. The van der Waals surface area contributed by atoms with E-state index in [0.717, 1.165) is 4.31 Å². The number of halogens is 3. The maximum absolute atomic E-state index is 13.2. The van der Waals surface area contributed by atoms with Crippen molar-refractivity contribution in [3.63, 3.8) is 0 Å². The van der Waals surface area contributed by atoms with Crippen LogP contribution < -0.4 is 5.32 Å². The van der Waals surface area contributed by atoms with Crippen molar-refractivity contribution in [1.29, 1.82) is 0 Å². The predicted octanol–water partition coefficient (Wildman–Crippen LogP) is 2.80. The van der Waals surface area contributed by atoms with Crippen molar-refractivity contribution in [2.24, 2.45) is 0 Å². The highest BCUT2D eigenvalue weighted by molar-refractivity contribution is 9.08. The lowest BCUT2D eigenvalue weighted by Gasteiger charge is -2.23. The number of ether oxygens (including phenoxy) is 1. The fraction of sp³-hybridized carbons (Fsp3) is 0.533. The van der Waals surface area contributed by atoms with Gasteiger partial charge in [0.2, 0.25) is 15.9 Å². The highest BCUT2D eigenvalue weighted by Crippen LogP contribution is 2.36. The summed E-state index contributed by atoms with van der Waals surface area (Å²) in [6.45, 7) is 2.36. The molecule has 10 heteroatoms. The third-order valence-electron chi connectivity index (χ3n) is 4.04. The zero-order valence-electron chi connectivity index (χ0n) is 13.8. The van der Waals surface area contributed by atoms with Crippen LogP contribution in [0, 0.1) is 0 Å². The average molecular weight is 474 g/mol. The van der Waals surface area contributed by atoms with Gasteiger partial charge in [0.1, 0.15) is 10.9 Å². The third-order valence-corrected chi connectivity index (χ3v) is 7.42. The van der Waals surface area contributed by atoms with E-state index in [4.69, 9.17) is 27.9 Å². The number of hydrogen-bond donors (Lipinski definition) is 1. The Morgan fingerprint density at radius 3 is 2.68 bits per heavy atom. The Kier molecular flexibility index (Phi) is 7.15. The third kappa shape index (κ3) is 4.14. The van der Waals surface area contributed by atoms with Crippen LogP contribution in [0.4, 0.5) is 0 Å². The van der Waals surface area contributed by atoms with E-state index < -0.39 is 16.1 Å². The molecule has 2 rings (SSSR count). The zero-order valence-corrected chi connectivity index (χ0v) is 17.7. The van der Waals surface area contributed by atoms with Crippen molar-refractivity contribution in [1.82, 2.24) is 9.62 Å². The van der Waals surface area contributed by atoms with E-state index in [0.29, 0.717) is 28.9 Å². The summed E-state index contributed by atoms with van der Waals surface area (Å²) in [6.07, 6.45) is -0.0488. The van der Waals surface area contributed by atoms with Gasteiger partial charge in [-0.05, 0) is 19.1 Å². The number of rotatable bonds is 6. The molecule has 25 heavy (non-hydrogen) atoms. The summed E-state index contributed by atoms with van der Waals surface area (Å²) in [7, 11) is -2.52. The fourth-order valence-electron chi connectivity index (χ4n) is 2.82. The smallest absolute Gasteiger partial charge is 0.245 e. The first-order valence-electron chi connectivity index (χ1n) is 7.65. The lowest BCUT2D eigenvalue weighted by Crippen LogP contribution is -2.44. The average Bonchev–Trinajstić information content (AvgIpc) is 2.99. The summed E-state index contributed by atoms with van der Waals surface area (Å²) in [5, 5.41) is 3.25. The van der Waals surface area contributed by atoms with E-state index in [9.17, 15) is 13.2 Å². The van der Waals surface area contributed by atoms with Gasteiger partial charge in [-0.2, -0.15) is 4.31 Å². The number of amides is 1. The van der Waals surface area contributed by atoms with Crippen molar-refractivity contribution in [3.8, 4) is 0 Å². The lowest BCUT2D eigenvalue weighted by molar-refractivity contribution is -0.123. The Morgan fingerprint density at radius 1 is 1.44 bits per heavy atom. The molecule has 1 aromatic carbocycles. The molecule has 0 aromatic heterocycles. The molecule has 1 fully saturated rings. The Bertz CT molecular complexity index is 760. The summed E-state index contributed by atoms with van der Waals surface area (Å²) in [6, 6.07) is 2.01. The van der Waals surface area contributed by atoms with E-state index in [2.05, 4.69) is 21.2 Å². The molecule has 1 N–H and O–H groups in total. The number of nitrogens with one attached hydrogen (secondary N) is 1. The van der Waals surface area contributed by atoms with Crippen LogP contribution in [0.15, 0.2) is 17.0 Å². The molecule has 1 aromatic rings. The van der Waals surface area contributed by atoms with Crippen molar-refractivity contribution < 1.29 is 17.9 Å². The van der Waals surface area contributed by atoms with Crippen LogP contribution in [0.1, 0.15) is 18.9 Å². The van der Waals surface area contributed by atoms with Crippen LogP contribution >= 0.6 is 39.1 Å². The molecule has 0 radical (unpaired) electrons. The minimum absolute atomic E-state index is 0.0555. The van der Waals surface area contributed by atoms with Gasteiger partial charge in [-0.1, -0.05) is 39.1 Å². The van der Waals surface area contributed by atoms with Gasteiger partial charge in [0.05, 0.1) is 11.1 Å². The Balaban J connectivity index is 2.48. The second-order valence-corrected chi connectivity index (χ2v) is 8.69. The van der Waals surface area contributed by atoms with Crippen LogP contribution in [-0.4, -0.2) is 51.0 Å². The molecule has 2 atom stereocenters. The Morgan fingerprint density at radius 2 is 2.12 bits per heavy atom. The van der Waals surface area contributed by atoms with Gasteiger partial charge < -0.3 is 10.1 Å². The molecule has 1 amide bonds. The minimum atomic E-state index is -3.99. The number of carbonyl (C=O) groups is 1. The quantitative estimate of drug-likeness (QED) is 0.644. The first-order chi connectivity index (χ1) is 11.8. The van der Waals surface area contributed by atoms with Crippen molar-refractivity contribution in [2.45, 2.75) is 35.7 Å². The molecule has 0 saturated carbocycles. The van der Waals surface area contributed by atoms with Gasteiger partial charge >= 0.3 is 0 Å². The van der Waals surface area contributed by atoms with E-state index in [1.807, 2.05) is 6.92 Å². The van der Waals surface area contributed by atoms with Crippen molar-refractivity contribution in [3.05, 3.63) is 27.7 Å². The summed E-state index contributed by atoms with van der Waals surface area (Å²) in [4.78, 5) is 12.1. The molecule has 0 aliphatic carbocycles. The molecule has 1 heterocycles. The number of carbonyl (C=O) groups excluding carboxylic acids is 1. The molecular formula is C15H19BrCl2N2O4S. The van der Waals surface area contributed by atoms with Crippen LogP contribution in [0.25, 0.3) is 0 Å². The predicted molar refractivity (Wildman–Crippen MR) is 101 cm³/mol. The summed E-state index contributed by atoms with van der Waals surface area (Å²) in [5.74, 6) is -0.378. The maximum Gasteiger partial charge on any atom is 0.245 e. The molecule has 6 nitrogen and oxygen atoms in total. The highest BCUT2D eigenvalue weighted by atomic mass is 79.9. The molecule has 1 aliphatic rings. The summed E-state index contributed by atoms with van der Waals surface area (Å²) < 4.78 is 33.0. The fourth-order valence-corrected chi connectivity index (χ4v) is 6.24. The van der Waals surface area contributed by atoms with Gasteiger partial charge in [0.15, 0.2) is 0 Å². The molecule has 140 valence electrons. The topological polar surface area (TPSA) is 75.7 Å². The monoisotopic (exact) mass is 472 g/mol. The highest BCUT2D eigenvalue weighted by Gasteiger charge is 2.44. The molecule has 0 bridgehead atoms. The number of sulfonamides is 1. The molecule has 1 saturated heterocycles. The maximum atomic E-state index is 13.2. The number of nitrogens with zero attached hydrogens (tertiary/aromatic N) is 1. The standard InChI is InChI=1S/C15H19BrCl2N2O4S/c1-3-24-9-6-12(15(21)19-2)20(8-9)25(22,23)13-5-4-11(17)10(7-16)14(13)18/h4-5,9,12H,3,6-8H2,1-2H3,(H,19,21). The summed E-state index contributed by atoms with van der Waals surface area (Å²) in [5.41, 5.74) is 0.487. The lowest BCUT2D eigenvalue weighted by atomic mass is 10.2. The van der Waals surface area contributed by atoms with E-state index in [1.165, 1.54) is 19.2 Å². The Hall–Kier alpha value is -0.380. The van der Waals surface area contributed by atoms with Crippen LogP contribution in [0.5, 0.6) is 0 Å². The minimum Gasteiger partial charge on any atom is -0.377 e. The van der Waals surface area contributed by atoms with Gasteiger partial charge in [0.25, 0.3) is 0 Å². The second kappa shape index (κ2) is 8.54. The van der Waals surface area contributed by atoms with Crippen LogP contribution in [0.2, 0.25) is 10.0 Å². The van der Waals surface area contributed by atoms with Crippen molar-refractivity contribution >= 4 is 55.1 Å². The van der Waals surface area contributed by atoms with E-state index in [1.54, 1.807) is 0 Å². The van der Waals surface area contributed by atoms with Crippen molar-refractivity contribution in [2.75, 3.05) is 20.2 Å². The number of likely N-dealkylation sites (N-methyl/N-ethyl adjacent to an activating group) is 1. The molecule has 2 unspecified atom stereocenters. The van der Waals surface area contributed by atoms with E-state index >= 15 is 0 Å². The van der Waals surface area contributed by atoms with Gasteiger partial charge in [-0.25, -0.2) is 8.42 Å². The van der Waals surface area contributed by atoms with Gasteiger partial charge in [-0.3, -0.25) is 4.79 Å². The number of hydrogen-bond acceptors (Lipinski definition) is 4. The molecule has 1 aliphatic heterocycles. The normalized spacial score (nSPS) is 21.5. The summed E-state index contributed by atoms with van der Waals surface area (Å²) >= 11 is 15.6. The number of alkyl halides is 1. The molecule has 0 spiro atoms. The largest absolute Gasteiger partial charge is 0.377 e. The SMILES string of the molecule is CCOC1CC(C(=O)NC)N(S(=O)(=O)c2ccc(Cl)c(CBr)c2Cl)C1. The zero-order chi connectivity index (χ0) is 18.8. The van der Waals surface area contributed by atoms with Gasteiger partial charge in [-0.15, -0.1) is 0 Å². The van der Waals surface area contributed by atoms with Gasteiger partial charge in [0, 0.05) is 42.5 Å². The van der Waals surface area contributed by atoms with Crippen LogP contribution in [-0.2, 0) is 24.9 Å². The first-order valence-corrected chi connectivity index (χ1v) is 11.0. The van der Waals surface area contributed by atoms with Crippen LogP contribution in [0.3, 0.4) is 0 Å². The van der Waals surface area contributed by atoms with E-state index in [-0.39, 0.29) is 28.5 Å². The Labute approximate surface area is 166 Å². The molecular weight excluding hydrogens is 455 g/mol. The number of benzene rings is 1. The first kappa shape index (κ1) is 20.9.